The molecule has 1 aromatic rings. The zero-order valence-electron chi connectivity index (χ0n) is 12.0. The first kappa shape index (κ1) is 12.4. The van der Waals surface area contributed by atoms with Gasteiger partial charge in [0.25, 0.3) is 0 Å². The summed E-state index contributed by atoms with van der Waals surface area (Å²) in [6, 6.07) is 8.65. The molecule has 104 valence electrons. The normalized spacial score (nSPS) is 39.5. The summed E-state index contributed by atoms with van der Waals surface area (Å²) in [5, 5.41) is 9.32. The van der Waals surface area contributed by atoms with E-state index in [1.54, 1.807) is 0 Å². The van der Waals surface area contributed by atoms with Crippen LogP contribution in [-0.4, -0.2) is 4.98 Å². The van der Waals surface area contributed by atoms with Gasteiger partial charge in [-0.1, -0.05) is 6.07 Å². The molecule has 0 radical (unpaired) electrons. The topological polar surface area (TPSA) is 36.7 Å². The van der Waals surface area contributed by atoms with E-state index >= 15 is 0 Å². The second-order valence-corrected chi connectivity index (χ2v) is 7.45. The molecule has 2 heteroatoms. The van der Waals surface area contributed by atoms with E-state index in [1.807, 2.05) is 12.3 Å². The number of nitriles is 1. The number of rotatable bonds is 3. The highest BCUT2D eigenvalue weighted by molar-refractivity contribution is 5.19. The van der Waals surface area contributed by atoms with Crippen molar-refractivity contribution in [2.45, 2.75) is 50.9 Å². The van der Waals surface area contributed by atoms with Gasteiger partial charge in [0.05, 0.1) is 6.07 Å². The van der Waals surface area contributed by atoms with Crippen LogP contribution in [0.25, 0.3) is 0 Å². The minimum Gasteiger partial charge on any atom is -0.261 e. The largest absolute Gasteiger partial charge is 0.261 e. The van der Waals surface area contributed by atoms with Crippen molar-refractivity contribution < 1.29 is 0 Å². The minimum absolute atomic E-state index is 0.363. The predicted molar refractivity (Wildman–Crippen MR) is 77.8 cm³/mol. The zero-order valence-corrected chi connectivity index (χ0v) is 12.0. The molecule has 4 aliphatic rings. The first-order valence-electron chi connectivity index (χ1n) is 8.07. The molecule has 1 heterocycles. The van der Waals surface area contributed by atoms with Gasteiger partial charge in [0.2, 0.25) is 0 Å². The monoisotopic (exact) mass is 266 g/mol. The average molecular weight is 266 g/mol. The minimum atomic E-state index is 0.363. The summed E-state index contributed by atoms with van der Waals surface area (Å²) in [6.45, 7) is 0. The molecule has 1 aromatic heterocycles. The molecule has 0 aromatic carbocycles. The number of hydrogen-bond acceptors (Lipinski definition) is 2. The Morgan fingerprint density at radius 2 is 1.80 bits per heavy atom. The number of nitrogens with zero attached hydrogens (tertiary/aromatic N) is 2. The van der Waals surface area contributed by atoms with Crippen LogP contribution in [0, 0.1) is 34.5 Å². The van der Waals surface area contributed by atoms with Crippen LogP contribution in [0.1, 0.15) is 56.6 Å². The third-order valence-corrected chi connectivity index (χ3v) is 6.17. The molecule has 1 unspecified atom stereocenters. The van der Waals surface area contributed by atoms with Crippen LogP contribution in [0.2, 0.25) is 0 Å². The molecule has 0 aliphatic heterocycles. The van der Waals surface area contributed by atoms with Crippen LogP contribution in [0.3, 0.4) is 0 Å². The molecule has 4 saturated carbocycles. The SMILES string of the molecule is N#CCC(c1ccccn1)C12CC3CC(CC(C3)C1)C2. The molecule has 4 fully saturated rings. The van der Waals surface area contributed by atoms with E-state index in [0.29, 0.717) is 17.8 Å². The molecule has 0 amide bonds. The number of hydrogen-bond donors (Lipinski definition) is 0. The molecule has 4 aliphatic carbocycles. The first-order valence-corrected chi connectivity index (χ1v) is 8.07. The van der Waals surface area contributed by atoms with E-state index in [1.165, 1.54) is 38.5 Å². The summed E-state index contributed by atoms with van der Waals surface area (Å²) >= 11 is 0. The van der Waals surface area contributed by atoms with Crippen molar-refractivity contribution in [3.05, 3.63) is 30.1 Å². The lowest BCUT2D eigenvalue weighted by atomic mass is 9.46. The van der Waals surface area contributed by atoms with Gasteiger partial charge in [-0.15, -0.1) is 0 Å². The fourth-order valence-corrected chi connectivity index (χ4v) is 5.91. The summed E-state index contributed by atoms with van der Waals surface area (Å²) in [5.41, 5.74) is 1.55. The summed E-state index contributed by atoms with van der Waals surface area (Å²) in [6.07, 6.45) is 11.0. The molecule has 20 heavy (non-hydrogen) atoms. The Labute approximate surface area is 121 Å². The van der Waals surface area contributed by atoms with Crippen molar-refractivity contribution in [2.24, 2.45) is 23.2 Å². The fourth-order valence-electron chi connectivity index (χ4n) is 5.91. The maximum atomic E-state index is 9.32. The van der Waals surface area contributed by atoms with Crippen LogP contribution >= 0.6 is 0 Å². The van der Waals surface area contributed by atoms with E-state index in [-0.39, 0.29) is 0 Å². The maximum absolute atomic E-state index is 9.32. The van der Waals surface area contributed by atoms with Crippen molar-refractivity contribution in [3.8, 4) is 6.07 Å². The Hall–Kier alpha value is -1.36. The predicted octanol–water partition coefficient (Wildman–Crippen LogP) is 4.30. The van der Waals surface area contributed by atoms with Crippen molar-refractivity contribution in [1.29, 1.82) is 5.26 Å². The lowest BCUT2D eigenvalue weighted by molar-refractivity contribution is -0.0686. The van der Waals surface area contributed by atoms with Crippen LogP contribution < -0.4 is 0 Å². The molecule has 0 saturated heterocycles. The smallest absolute Gasteiger partial charge is 0.0628 e. The van der Waals surface area contributed by atoms with Crippen LogP contribution in [0.4, 0.5) is 0 Å². The van der Waals surface area contributed by atoms with Gasteiger partial charge >= 0.3 is 0 Å². The highest BCUT2D eigenvalue weighted by Gasteiger charge is 2.54. The van der Waals surface area contributed by atoms with Gasteiger partial charge in [-0.3, -0.25) is 4.98 Å². The van der Waals surface area contributed by atoms with Gasteiger partial charge in [-0.2, -0.15) is 5.26 Å². The summed E-state index contributed by atoms with van der Waals surface area (Å²) in [5.74, 6) is 3.17. The van der Waals surface area contributed by atoms with Gasteiger partial charge in [0.1, 0.15) is 0 Å². The number of pyridine rings is 1. The van der Waals surface area contributed by atoms with E-state index in [4.69, 9.17) is 0 Å². The maximum Gasteiger partial charge on any atom is 0.0628 e. The van der Waals surface area contributed by atoms with Gasteiger partial charge in [0.15, 0.2) is 0 Å². The number of aromatic nitrogens is 1. The average Bonchev–Trinajstić information content (AvgIpc) is 2.44. The van der Waals surface area contributed by atoms with E-state index in [9.17, 15) is 5.26 Å². The van der Waals surface area contributed by atoms with E-state index in [0.717, 1.165) is 23.4 Å². The summed E-state index contributed by atoms with van der Waals surface area (Å²) < 4.78 is 0. The van der Waals surface area contributed by atoms with Crippen molar-refractivity contribution in [3.63, 3.8) is 0 Å². The van der Waals surface area contributed by atoms with Crippen molar-refractivity contribution >= 4 is 0 Å². The third-order valence-electron chi connectivity index (χ3n) is 6.17. The molecule has 5 rings (SSSR count). The van der Waals surface area contributed by atoms with E-state index < -0.39 is 0 Å². The van der Waals surface area contributed by atoms with Gasteiger partial charge in [-0.05, 0) is 73.8 Å². The van der Waals surface area contributed by atoms with Crippen LogP contribution in [0.15, 0.2) is 24.4 Å². The molecule has 0 N–H and O–H groups in total. The van der Waals surface area contributed by atoms with Gasteiger partial charge in [-0.25, -0.2) is 0 Å². The quantitative estimate of drug-likeness (QED) is 0.818. The second-order valence-electron chi connectivity index (χ2n) is 7.45. The van der Waals surface area contributed by atoms with Crippen LogP contribution in [-0.2, 0) is 0 Å². The Bertz CT molecular complexity index is 493. The van der Waals surface area contributed by atoms with Gasteiger partial charge < -0.3 is 0 Å². The van der Waals surface area contributed by atoms with Crippen molar-refractivity contribution in [2.75, 3.05) is 0 Å². The summed E-state index contributed by atoms with van der Waals surface area (Å²) in [4.78, 5) is 4.60. The third kappa shape index (κ3) is 1.87. The molecule has 2 nitrogen and oxygen atoms in total. The Morgan fingerprint density at radius 3 is 2.30 bits per heavy atom. The molecular formula is C18H22N2. The first-order chi connectivity index (χ1) is 9.79. The molecular weight excluding hydrogens is 244 g/mol. The highest BCUT2D eigenvalue weighted by atomic mass is 14.7. The summed E-state index contributed by atoms with van der Waals surface area (Å²) in [7, 11) is 0. The Kier molecular flexibility index (Phi) is 2.84. The highest BCUT2D eigenvalue weighted by Crippen LogP contribution is 2.64. The zero-order chi connectivity index (χ0) is 13.6. The Morgan fingerprint density at radius 1 is 1.15 bits per heavy atom. The molecule has 4 bridgehead atoms. The Balaban J connectivity index is 1.71. The molecule has 0 spiro atoms. The van der Waals surface area contributed by atoms with Crippen molar-refractivity contribution in [1.82, 2.24) is 4.98 Å². The molecule has 1 atom stereocenters. The lowest BCUT2D eigenvalue weighted by Crippen LogP contribution is -2.49. The van der Waals surface area contributed by atoms with E-state index in [2.05, 4.69) is 23.2 Å². The lowest BCUT2D eigenvalue weighted by Gasteiger charge is -2.59. The van der Waals surface area contributed by atoms with Gasteiger partial charge in [0, 0.05) is 24.2 Å². The fraction of sp³-hybridized carbons (Fsp3) is 0.667. The van der Waals surface area contributed by atoms with Crippen LogP contribution in [0.5, 0.6) is 0 Å². The standard InChI is InChI=1S/C18H22N2/c19-5-4-16(17-3-1-2-6-20-17)18-10-13-7-14(11-18)9-15(8-13)12-18/h1-3,6,13-16H,4,7-12H2. The second kappa shape index (κ2) is 4.58.